The highest BCUT2D eigenvalue weighted by atomic mass is 32.2. The lowest BCUT2D eigenvalue weighted by Gasteiger charge is -2.07. The van der Waals surface area contributed by atoms with Gasteiger partial charge in [-0.15, -0.1) is 0 Å². The van der Waals surface area contributed by atoms with Gasteiger partial charge in [0.25, 0.3) is 0 Å². The molecule has 0 saturated carbocycles. The summed E-state index contributed by atoms with van der Waals surface area (Å²) >= 11 is 0. The zero-order chi connectivity index (χ0) is 13.3. The number of sulfone groups is 1. The summed E-state index contributed by atoms with van der Waals surface area (Å²) in [6.45, 7) is 1.93. The molecule has 1 aromatic rings. The summed E-state index contributed by atoms with van der Waals surface area (Å²) in [6.07, 6.45) is 1.98. The Kier molecular flexibility index (Phi) is 3.29. The lowest BCUT2D eigenvalue weighted by molar-refractivity contribution is 0.0519. The molecule has 2 heterocycles. The smallest absolute Gasteiger partial charge is 0.361 e. The number of nitrogens with two attached hydrogens (primary N) is 1. The van der Waals surface area contributed by atoms with Gasteiger partial charge in [-0.1, -0.05) is 0 Å². The second-order valence-corrected chi connectivity index (χ2v) is 6.42. The van der Waals surface area contributed by atoms with E-state index in [0.29, 0.717) is 6.42 Å². The molecule has 1 fully saturated rings. The molecule has 2 N–H and O–H groups in total. The van der Waals surface area contributed by atoms with Gasteiger partial charge in [-0.2, -0.15) is 5.10 Å². The van der Waals surface area contributed by atoms with E-state index in [0.717, 1.165) is 0 Å². The van der Waals surface area contributed by atoms with Crippen molar-refractivity contribution in [2.45, 2.75) is 19.4 Å². The molecule has 18 heavy (non-hydrogen) atoms. The highest BCUT2D eigenvalue weighted by Gasteiger charge is 2.31. The van der Waals surface area contributed by atoms with Crippen molar-refractivity contribution in [1.29, 1.82) is 0 Å². The molecular weight excluding hydrogens is 258 g/mol. The zero-order valence-electron chi connectivity index (χ0n) is 10.00. The van der Waals surface area contributed by atoms with E-state index in [2.05, 4.69) is 5.10 Å². The van der Waals surface area contributed by atoms with E-state index >= 15 is 0 Å². The topological polar surface area (TPSA) is 104 Å². The summed E-state index contributed by atoms with van der Waals surface area (Å²) in [5.41, 5.74) is 5.92. The Balaban J connectivity index is 2.22. The monoisotopic (exact) mass is 273 g/mol. The van der Waals surface area contributed by atoms with Crippen LogP contribution < -0.4 is 5.73 Å². The van der Waals surface area contributed by atoms with E-state index in [1.165, 1.54) is 10.9 Å². The number of carbonyl (C=O) groups excluding carboxylic acids is 1. The molecule has 0 spiro atoms. The van der Waals surface area contributed by atoms with Gasteiger partial charge >= 0.3 is 5.97 Å². The molecule has 0 aromatic carbocycles. The van der Waals surface area contributed by atoms with Crippen molar-refractivity contribution in [2.75, 3.05) is 23.8 Å². The molecule has 8 heteroatoms. The van der Waals surface area contributed by atoms with Gasteiger partial charge in [-0.3, -0.25) is 4.68 Å². The van der Waals surface area contributed by atoms with Gasteiger partial charge in [0.2, 0.25) is 0 Å². The van der Waals surface area contributed by atoms with Gasteiger partial charge < -0.3 is 10.5 Å². The fourth-order valence-corrected chi connectivity index (χ4v) is 3.64. The first-order chi connectivity index (χ1) is 8.43. The van der Waals surface area contributed by atoms with Crippen molar-refractivity contribution < 1.29 is 17.9 Å². The number of ether oxygens (including phenoxy) is 1. The summed E-state index contributed by atoms with van der Waals surface area (Å²) in [5.74, 6) is -0.405. The number of hydrogen-bond donors (Lipinski definition) is 1. The quantitative estimate of drug-likeness (QED) is 0.777. The molecule has 2 rings (SSSR count). The summed E-state index contributed by atoms with van der Waals surface area (Å²) in [7, 11) is -3.00. The first kappa shape index (κ1) is 12.9. The Morgan fingerprint density at radius 1 is 1.67 bits per heavy atom. The maximum absolute atomic E-state index is 11.5. The van der Waals surface area contributed by atoms with Crippen LogP contribution in [0, 0.1) is 0 Å². The van der Waals surface area contributed by atoms with Gasteiger partial charge in [-0.05, 0) is 13.3 Å². The second kappa shape index (κ2) is 4.60. The zero-order valence-corrected chi connectivity index (χ0v) is 10.8. The molecule has 1 aliphatic rings. The molecule has 1 aromatic heterocycles. The SMILES string of the molecule is CCOC(=O)c1nn(C2CCS(=O)(=O)C2)cc1N. The third kappa shape index (κ3) is 2.47. The predicted molar refractivity (Wildman–Crippen MR) is 64.9 cm³/mol. The molecule has 1 aliphatic heterocycles. The normalized spacial score (nSPS) is 21.9. The Hall–Kier alpha value is -1.57. The highest BCUT2D eigenvalue weighted by Crippen LogP contribution is 2.24. The van der Waals surface area contributed by atoms with Crippen LogP contribution in [0.4, 0.5) is 5.69 Å². The minimum absolute atomic E-state index is 0.0381. The van der Waals surface area contributed by atoms with Gasteiger partial charge in [0.1, 0.15) is 0 Å². The van der Waals surface area contributed by atoms with Crippen LogP contribution in [-0.4, -0.2) is 42.3 Å². The molecular formula is C10H15N3O4S. The summed E-state index contributed by atoms with van der Waals surface area (Å²) in [6, 6.07) is -0.250. The Morgan fingerprint density at radius 3 is 2.94 bits per heavy atom. The third-order valence-corrected chi connectivity index (χ3v) is 4.56. The van der Waals surface area contributed by atoms with E-state index < -0.39 is 15.8 Å². The molecule has 0 bridgehead atoms. The van der Waals surface area contributed by atoms with Crippen molar-refractivity contribution in [2.24, 2.45) is 0 Å². The van der Waals surface area contributed by atoms with Crippen LogP contribution in [0.3, 0.4) is 0 Å². The van der Waals surface area contributed by atoms with Crippen LogP contribution in [-0.2, 0) is 14.6 Å². The summed E-state index contributed by atoms with van der Waals surface area (Å²) in [5, 5.41) is 4.03. The summed E-state index contributed by atoms with van der Waals surface area (Å²) in [4.78, 5) is 11.5. The average molecular weight is 273 g/mol. The molecule has 0 amide bonds. The Bertz CT molecular complexity index is 564. The molecule has 0 aliphatic carbocycles. The van der Waals surface area contributed by atoms with Crippen molar-refractivity contribution >= 4 is 21.5 Å². The van der Waals surface area contributed by atoms with E-state index in [4.69, 9.17) is 10.5 Å². The van der Waals surface area contributed by atoms with Crippen LogP contribution in [0.2, 0.25) is 0 Å². The van der Waals surface area contributed by atoms with Crippen LogP contribution in [0.15, 0.2) is 6.20 Å². The minimum atomic E-state index is -3.00. The van der Waals surface area contributed by atoms with Crippen molar-refractivity contribution in [3.63, 3.8) is 0 Å². The molecule has 1 unspecified atom stereocenters. The number of rotatable bonds is 3. The Morgan fingerprint density at radius 2 is 2.39 bits per heavy atom. The van der Waals surface area contributed by atoms with Gasteiger partial charge in [-0.25, -0.2) is 13.2 Å². The van der Waals surface area contributed by atoms with Crippen molar-refractivity contribution in [1.82, 2.24) is 9.78 Å². The first-order valence-electron chi connectivity index (χ1n) is 5.65. The van der Waals surface area contributed by atoms with Gasteiger partial charge in [0.05, 0.1) is 29.8 Å². The lowest BCUT2D eigenvalue weighted by Crippen LogP contribution is -2.13. The van der Waals surface area contributed by atoms with E-state index in [-0.39, 0.29) is 35.5 Å². The first-order valence-corrected chi connectivity index (χ1v) is 7.47. The van der Waals surface area contributed by atoms with Crippen molar-refractivity contribution in [3.05, 3.63) is 11.9 Å². The number of hydrogen-bond acceptors (Lipinski definition) is 6. The van der Waals surface area contributed by atoms with Crippen LogP contribution >= 0.6 is 0 Å². The summed E-state index contributed by atoms with van der Waals surface area (Å²) < 4.78 is 29.0. The number of anilines is 1. The minimum Gasteiger partial charge on any atom is -0.461 e. The number of esters is 1. The maximum atomic E-state index is 11.5. The van der Waals surface area contributed by atoms with Crippen molar-refractivity contribution in [3.8, 4) is 0 Å². The number of nitrogens with zero attached hydrogens (tertiary/aromatic N) is 2. The lowest BCUT2D eigenvalue weighted by atomic mass is 10.3. The highest BCUT2D eigenvalue weighted by molar-refractivity contribution is 7.91. The molecule has 1 atom stereocenters. The van der Waals surface area contributed by atoms with E-state index in [9.17, 15) is 13.2 Å². The standard InChI is InChI=1S/C10H15N3O4S/c1-2-17-10(14)9-8(11)5-13(12-9)7-3-4-18(15,16)6-7/h5,7H,2-4,6,11H2,1H3. The Labute approximate surface area is 105 Å². The third-order valence-electron chi connectivity index (χ3n) is 2.81. The molecule has 1 saturated heterocycles. The van der Waals surface area contributed by atoms with E-state index in [1.54, 1.807) is 6.92 Å². The average Bonchev–Trinajstić information content (AvgIpc) is 2.82. The second-order valence-electron chi connectivity index (χ2n) is 4.19. The number of nitrogen functional groups attached to an aromatic ring is 1. The largest absolute Gasteiger partial charge is 0.461 e. The van der Waals surface area contributed by atoms with Gasteiger partial charge in [0.15, 0.2) is 15.5 Å². The molecule has 100 valence electrons. The van der Waals surface area contributed by atoms with Crippen LogP contribution in [0.1, 0.15) is 29.9 Å². The maximum Gasteiger partial charge on any atom is 0.361 e. The van der Waals surface area contributed by atoms with Gasteiger partial charge in [0, 0.05) is 6.20 Å². The number of aromatic nitrogens is 2. The predicted octanol–water partition coefficient (Wildman–Crippen LogP) is 0.00160. The van der Waals surface area contributed by atoms with Crippen LogP contribution in [0.5, 0.6) is 0 Å². The fraction of sp³-hybridized carbons (Fsp3) is 0.600. The molecule has 7 nitrogen and oxygen atoms in total. The van der Waals surface area contributed by atoms with Crippen LogP contribution in [0.25, 0.3) is 0 Å². The molecule has 0 radical (unpaired) electrons. The fourth-order valence-electron chi connectivity index (χ4n) is 1.93. The number of carbonyl (C=O) groups is 1. The van der Waals surface area contributed by atoms with E-state index in [1.807, 2.05) is 0 Å².